The summed E-state index contributed by atoms with van der Waals surface area (Å²) in [5.41, 5.74) is 1.35. The van der Waals surface area contributed by atoms with Gasteiger partial charge in [-0.1, -0.05) is 30.3 Å². The van der Waals surface area contributed by atoms with Gasteiger partial charge in [-0.05, 0) is 38.4 Å². The molecule has 3 rings (SSSR count). The molecule has 3 aromatic rings. The molecule has 0 saturated heterocycles. The quantitative estimate of drug-likeness (QED) is 0.691. The van der Waals surface area contributed by atoms with E-state index < -0.39 is 0 Å². The molecule has 0 aliphatic rings. The number of benzene rings is 2. The van der Waals surface area contributed by atoms with Gasteiger partial charge in [0.05, 0.1) is 11.3 Å². The maximum Gasteiger partial charge on any atom is 0.350 e. The van der Waals surface area contributed by atoms with Crippen molar-refractivity contribution in [3.8, 4) is 22.8 Å². The normalized spacial score (nSPS) is 11.0. The van der Waals surface area contributed by atoms with Gasteiger partial charge in [-0.3, -0.25) is 4.57 Å². The van der Waals surface area contributed by atoms with Crippen LogP contribution in [0.3, 0.4) is 0 Å². The first-order chi connectivity index (χ1) is 12.1. The highest BCUT2D eigenvalue weighted by atomic mass is 16.5. The average Bonchev–Trinajstić information content (AvgIpc) is 2.91. The Morgan fingerprint density at radius 3 is 2.44 bits per heavy atom. The van der Waals surface area contributed by atoms with Gasteiger partial charge in [0.1, 0.15) is 12.4 Å². The van der Waals surface area contributed by atoms with Gasteiger partial charge in [-0.15, -0.1) is 5.10 Å². The van der Waals surface area contributed by atoms with Crippen LogP contribution in [0.5, 0.6) is 5.75 Å². The summed E-state index contributed by atoms with van der Waals surface area (Å²) in [5, 5.41) is 4.53. The molecule has 0 unspecified atom stereocenters. The average molecular weight is 338 g/mol. The van der Waals surface area contributed by atoms with Gasteiger partial charge < -0.3 is 9.64 Å². The minimum atomic E-state index is -0.190. The second-order valence-corrected chi connectivity index (χ2v) is 6.06. The Kier molecular flexibility index (Phi) is 5.00. The molecular weight excluding hydrogens is 316 g/mol. The Hall–Kier alpha value is -2.86. The minimum Gasteiger partial charge on any atom is -0.491 e. The van der Waals surface area contributed by atoms with Gasteiger partial charge in [-0.25, -0.2) is 4.79 Å². The summed E-state index contributed by atoms with van der Waals surface area (Å²) < 4.78 is 8.86. The van der Waals surface area contributed by atoms with Crippen molar-refractivity contribution in [3.05, 3.63) is 65.1 Å². The van der Waals surface area contributed by atoms with E-state index in [-0.39, 0.29) is 5.69 Å². The van der Waals surface area contributed by atoms with Gasteiger partial charge in [0.15, 0.2) is 5.82 Å². The molecule has 130 valence electrons. The van der Waals surface area contributed by atoms with Crippen LogP contribution in [0.2, 0.25) is 0 Å². The second kappa shape index (κ2) is 7.36. The van der Waals surface area contributed by atoms with Crippen molar-refractivity contribution in [2.45, 2.75) is 0 Å². The minimum absolute atomic E-state index is 0.190. The van der Waals surface area contributed by atoms with Crippen molar-refractivity contribution in [3.63, 3.8) is 0 Å². The lowest BCUT2D eigenvalue weighted by Crippen LogP contribution is -2.21. The van der Waals surface area contributed by atoms with Crippen LogP contribution in [-0.4, -0.2) is 46.5 Å². The van der Waals surface area contributed by atoms with E-state index in [2.05, 4.69) is 10.00 Å². The van der Waals surface area contributed by atoms with E-state index in [0.29, 0.717) is 12.4 Å². The van der Waals surface area contributed by atoms with E-state index in [1.165, 1.54) is 4.68 Å². The molecule has 2 aromatic carbocycles. The smallest absolute Gasteiger partial charge is 0.350 e. The highest BCUT2D eigenvalue weighted by Crippen LogP contribution is 2.27. The van der Waals surface area contributed by atoms with Gasteiger partial charge in [0.2, 0.25) is 0 Å². The molecular formula is C19H22N4O2. The topological polar surface area (TPSA) is 52.3 Å². The van der Waals surface area contributed by atoms with E-state index in [1.807, 2.05) is 68.7 Å². The maximum atomic E-state index is 12.6. The van der Waals surface area contributed by atoms with Crippen LogP contribution in [0, 0.1) is 0 Å². The lowest BCUT2D eigenvalue weighted by atomic mass is 10.2. The highest BCUT2D eigenvalue weighted by Gasteiger charge is 2.16. The number of nitrogens with zero attached hydrogens (tertiary/aromatic N) is 4. The summed E-state index contributed by atoms with van der Waals surface area (Å²) >= 11 is 0. The molecule has 1 aromatic heterocycles. The van der Waals surface area contributed by atoms with E-state index in [4.69, 9.17) is 4.74 Å². The lowest BCUT2D eigenvalue weighted by molar-refractivity contribution is 0.262. The Labute approximate surface area is 146 Å². The lowest BCUT2D eigenvalue weighted by Gasteiger charge is -2.13. The van der Waals surface area contributed by atoms with Crippen molar-refractivity contribution in [1.29, 1.82) is 0 Å². The molecule has 6 nitrogen and oxygen atoms in total. The van der Waals surface area contributed by atoms with Crippen LogP contribution in [0.25, 0.3) is 17.1 Å². The van der Waals surface area contributed by atoms with Crippen LogP contribution >= 0.6 is 0 Å². The third-order valence-electron chi connectivity index (χ3n) is 3.91. The Morgan fingerprint density at radius 1 is 1.04 bits per heavy atom. The van der Waals surface area contributed by atoms with Crippen molar-refractivity contribution < 1.29 is 4.74 Å². The maximum absolute atomic E-state index is 12.6. The van der Waals surface area contributed by atoms with Crippen molar-refractivity contribution in [1.82, 2.24) is 19.2 Å². The predicted molar refractivity (Wildman–Crippen MR) is 98.3 cm³/mol. The van der Waals surface area contributed by atoms with E-state index in [9.17, 15) is 4.79 Å². The monoisotopic (exact) mass is 338 g/mol. The summed E-state index contributed by atoms with van der Waals surface area (Å²) in [5.74, 6) is 1.30. The molecule has 6 heteroatoms. The van der Waals surface area contributed by atoms with E-state index in [0.717, 1.165) is 23.5 Å². The molecule has 0 fully saturated rings. The first kappa shape index (κ1) is 17.0. The number of rotatable bonds is 6. The SMILES string of the molecule is CN(C)CCOc1ccccc1-c1nn(-c2ccccc2)c(=O)n1C. The van der Waals surface area contributed by atoms with Crippen LogP contribution < -0.4 is 10.4 Å². The Balaban J connectivity index is 1.99. The fourth-order valence-electron chi connectivity index (χ4n) is 2.52. The second-order valence-electron chi connectivity index (χ2n) is 6.06. The summed E-state index contributed by atoms with van der Waals surface area (Å²) in [4.78, 5) is 14.7. The zero-order chi connectivity index (χ0) is 17.8. The molecule has 0 aliphatic carbocycles. The summed E-state index contributed by atoms with van der Waals surface area (Å²) in [6, 6.07) is 17.0. The van der Waals surface area contributed by atoms with Crippen molar-refractivity contribution in [2.24, 2.45) is 7.05 Å². The fourth-order valence-corrected chi connectivity index (χ4v) is 2.52. The number of ether oxygens (including phenoxy) is 1. The first-order valence-corrected chi connectivity index (χ1v) is 8.16. The molecule has 0 amide bonds. The number of hydrogen-bond acceptors (Lipinski definition) is 4. The zero-order valence-corrected chi connectivity index (χ0v) is 14.7. The molecule has 0 atom stereocenters. The third kappa shape index (κ3) is 3.64. The predicted octanol–water partition coefficient (Wildman–Crippen LogP) is 2.18. The summed E-state index contributed by atoms with van der Waals surface area (Å²) in [7, 11) is 5.72. The molecule has 0 saturated carbocycles. The standard InChI is InChI=1S/C19H22N4O2/c1-21(2)13-14-25-17-12-8-7-11-16(17)18-20-23(19(24)22(18)3)15-9-5-4-6-10-15/h4-12H,13-14H2,1-3H3. The van der Waals surface area contributed by atoms with E-state index >= 15 is 0 Å². The van der Waals surface area contributed by atoms with Gasteiger partial charge in [-0.2, -0.15) is 4.68 Å². The number of para-hydroxylation sites is 2. The van der Waals surface area contributed by atoms with Crippen LogP contribution in [0.4, 0.5) is 0 Å². The molecule has 0 aliphatic heterocycles. The molecule has 25 heavy (non-hydrogen) atoms. The van der Waals surface area contributed by atoms with Crippen molar-refractivity contribution in [2.75, 3.05) is 27.2 Å². The summed E-state index contributed by atoms with van der Waals surface area (Å²) in [6.45, 7) is 1.38. The first-order valence-electron chi connectivity index (χ1n) is 8.16. The highest BCUT2D eigenvalue weighted by molar-refractivity contribution is 5.64. The van der Waals surface area contributed by atoms with Crippen molar-refractivity contribution >= 4 is 0 Å². The summed E-state index contributed by atoms with van der Waals surface area (Å²) in [6.07, 6.45) is 0. The van der Waals surface area contributed by atoms with Gasteiger partial charge >= 0.3 is 5.69 Å². The Bertz CT molecular complexity index is 897. The third-order valence-corrected chi connectivity index (χ3v) is 3.91. The largest absolute Gasteiger partial charge is 0.491 e. The fraction of sp³-hybridized carbons (Fsp3) is 0.263. The number of aromatic nitrogens is 3. The van der Waals surface area contributed by atoms with Gasteiger partial charge in [0.25, 0.3) is 0 Å². The molecule has 1 heterocycles. The zero-order valence-electron chi connectivity index (χ0n) is 14.7. The Morgan fingerprint density at radius 2 is 1.72 bits per heavy atom. The van der Waals surface area contributed by atoms with Gasteiger partial charge in [0, 0.05) is 13.6 Å². The molecule has 0 radical (unpaired) electrons. The molecule has 0 N–H and O–H groups in total. The van der Waals surface area contributed by atoms with Crippen LogP contribution in [0.15, 0.2) is 59.4 Å². The molecule has 0 spiro atoms. The van der Waals surface area contributed by atoms with E-state index in [1.54, 1.807) is 11.6 Å². The van der Waals surface area contributed by atoms with Crippen LogP contribution in [-0.2, 0) is 7.05 Å². The number of likely N-dealkylation sites (N-methyl/N-ethyl adjacent to an activating group) is 1. The number of hydrogen-bond donors (Lipinski definition) is 0. The molecule has 0 bridgehead atoms. The van der Waals surface area contributed by atoms with Crippen LogP contribution in [0.1, 0.15) is 0 Å².